The van der Waals surface area contributed by atoms with Crippen LogP contribution >= 0.6 is 0 Å². The molecule has 0 aliphatic heterocycles. The van der Waals surface area contributed by atoms with Gasteiger partial charge in [0.2, 0.25) is 0 Å². The Morgan fingerprint density at radius 3 is 2.00 bits per heavy atom. The molecular formula is C24H25N3O3. The average Bonchev–Trinajstić information content (AvgIpc) is 2.78. The largest absolute Gasteiger partial charge is 0.497 e. The maximum Gasteiger partial charge on any atom is 0.323 e. The number of anilines is 2. The number of benzene rings is 3. The van der Waals surface area contributed by atoms with E-state index < -0.39 is 0 Å². The van der Waals surface area contributed by atoms with E-state index in [1.807, 2.05) is 61.5 Å². The molecule has 30 heavy (non-hydrogen) atoms. The molecule has 0 fully saturated rings. The molecule has 0 heterocycles. The van der Waals surface area contributed by atoms with Gasteiger partial charge in [-0.2, -0.15) is 0 Å². The van der Waals surface area contributed by atoms with Crippen molar-refractivity contribution in [3.05, 3.63) is 90.0 Å². The van der Waals surface area contributed by atoms with Gasteiger partial charge < -0.3 is 20.3 Å². The van der Waals surface area contributed by atoms with Crippen LogP contribution in [0, 0.1) is 0 Å². The van der Waals surface area contributed by atoms with Gasteiger partial charge in [-0.3, -0.25) is 4.79 Å². The van der Waals surface area contributed by atoms with E-state index in [1.165, 1.54) is 0 Å². The lowest BCUT2D eigenvalue weighted by atomic mass is 10.1. The number of carbonyl (C=O) groups is 2. The first-order valence-corrected chi connectivity index (χ1v) is 9.74. The summed E-state index contributed by atoms with van der Waals surface area (Å²) in [5.74, 6) is 0.723. The molecule has 0 atom stereocenters. The molecule has 0 saturated heterocycles. The Labute approximate surface area is 176 Å². The van der Waals surface area contributed by atoms with Crippen LogP contribution in [0.1, 0.15) is 22.8 Å². The first-order chi connectivity index (χ1) is 14.6. The zero-order chi connectivity index (χ0) is 21.3. The van der Waals surface area contributed by atoms with E-state index in [2.05, 4.69) is 10.6 Å². The lowest BCUT2D eigenvalue weighted by Crippen LogP contribution is -2.30. The van der Waals surface area contributed by atoms with Gasteiger partial charge in [-0.1, -0.05) is 30.3 Å². The maximum absolute atomic E-state index is 12.9. The molecule has 3 rings (SSSR count). The van der Waals surface area contributed by atoms with E-state index in [4.69, 9.17) is 4.74 Å². The van der Waals surface area contributed by atoms with Gasteiger partial charge in [0.1, 0.15) is 5.75 Å². The monoisotopic (exact) mass is 403 g/mol. The van der Waals surface area contributed by atoms with Crippen molar-refractivity contribution in [1.82, 2.24) is 4.90 Å². The van der Waals surface area contributed by atoms with E-state index in [9.17, 15) is 9.59 Å². The van der Waals surface area contributed by atoms with Crippen LogP contribution in [-0.2, 0) is 6.54 Å². The van der Waals surface area contributed by atoms with Crippen molar-refractivity contribution in [2.75, 3.05) is 24.3 Å². The molecule has 0 saturated carbocycles. The van der Waals surface area contributed by atoms with Crippen LogP contribution in [0.5, 0.6) is 5.75 Å². The number of urea groups is 1. The minimum Gasteiger partial charge on any atom is -0.497 e. The van der Waals surface area contributed by atoms with Crippen molar-refractivity contribution >= 4 is 23.3 Å². The van der Waals surface area contributed by atoms with Crippen LogP contribution in [0.4, 0.5) is 16.2 Å². The molecule has 0 aliphatic rings. The minimum atomic E-state index is -0.338. The topological polar surface area (TPSA) is 70.7 Å². The number of rotatable bonds is 7. The zero-order valence-corrected chi connectivity index (χ0v) is 17.1. The van der Waals surface area contributed by atoms with Crippen molar-refractivity contribution in [2.45, 2.75) is 13.5 Å². The maximum atomic E-state index is 12.9. The van der Waals surface area contributed by atoms with Crippen LogP contribution < -0.4 is 15.4 Å². The predicted octanol–water partition coefficient (Wildman–Crippen LogP) is 5.00. The molecule has 3 aromatic rings. The van der Waals surface area contributed by atoms with Gasteiger partial charge in [0.25, 0.3) is 5.91 Å². The van der Waals surface area contributed by atoms with Crippen molar-refractivity contribution in [3.8, 4) is 5.75 Å². The van der Waals surface area contributed by atoms with E-state index in [-0.39, 0.29) is 11.9 Å². The lowest BCUT2D eigenvalue weighted by Gasteiger charge is -2.21. The molecule has 154 valence electrons. The number of para-hydroxylation sites is 1. The van der Waals surface area contributed by atoms with Gasteiger partial charge in [-0.15, -0.1) is 0 Å². The fourth-order valence-electron chi connectivity index (χ4n) is 2.97. The number of hydrogen-bond acceptors (Lipinski definition) is 3. The van der Waals surface area contributed by atoms with Gasteiger partial charge in [-0.05, 0) is 61.0 Å². The Kier molecular flexibility index (Phi) is 7.05. The summed E-state index contributed by atoms with van der Waals surface area (Å²) in [4.78, 5) is 26.7. The van der Waals surface area contributed by atoms with E-state index in [0.717, 1.165) is 11.3 Å². The van der Waals surface area contributed by atoms with Gasteiger partial charge in [0.05, 0.1) is 7.11 Å². The highest BCUT2D eigenvalue weighted by molar-refractivity contribution is 6.00. The molecule has 6 heteroatoms. The fourth-order valence-corrected chi connectivity index (χ4v) is 2.97. The molecule has 3 aromatic carbocycles. The van der Waals surface area contributed by atoms with E-state index in [0.29, 0.717) is 30.0 Å². The predicted molar refractivity (Wildman–Crippen MR) is 119 cm³/mol. The second kappa shape index (κ2) is 10.1. The minimum absolute atomic E-state index is 0.0615. The summed E-state index contributed by atoms with van der Waals surface area (Å²) in [5.41, 5.74) is 2.92. The SMILES string of the molecule is CCN(Cc1ccc(OC)cc1)C(=O)c1ccc(NC(=O)Nc2ccccc2)cc1. The quantitative estimate of drug-likeness (QED) is 0.583. The second-order valence-electron chi connectivity index (χ2n) is 6.69. The van der Waals surface area contributed by atoms with Crippen LogP contribution in [0.15, 0.2) is 78.9 Å². The summed E-state index contributed by atoms with van der Waals surface area (Å²) in [6.07, 6.45) is 0. The second-order valence-corrected chi connectivity index (χ2v) is 6.69. The van der Waals surface area contributed by atoms with Crippen molar-refractivity contribution in [1.29, 1.82) is 0 Å². The van der Waals surface area contributed by atoms with Crippen molar-refractivity contribution in [2.24, 2.45) is 0 Å². The number of hydrogen-bond donors (Lipinski definition) is 2. The third kappa shape index (κ3) is 5.61. The summed E-state index contributed by atoms with van der Waals surface area (Å²) in [6.45, 7) is 3.05. The summed E-state index contributed by atoms with van der Waals surface area (Å²) in [6, 6.07) is 23.4. The average molecular weight is 403 g/mol. The van der Waals surface area contributed by atoms with Gasteiger partial charge in [0.15, 0.2) is 0 Å². The number of nitrogens with zero attached hydrogens (tertiary/aromatic N) is 1. The molecule has 0 unspecified atom stereocenters. The smallest absolute Gasteiger partial charge is 0.323 e. The number of amides is 3. The van der Waals surface area contributed by atoms with Crippen LogP contribution in [-0.4, -0.2) is 30.5 Å². The highest BCUT2D eigenvalue weighted by Gasteiger charge is 2.15. The number of ether oxygens (including phenoxy) is 1. The highest BCUT2D eigenvalue weighted by Crippen LogP contribution is 2.16. The first kappa shape index (κ1) is 20.9. The van der Waals surface area contributed by atoms with Gasteiger partial charge >= 0.3 is 6.03 Å². The third-order valence-corrected chi connectivity index (χ3v) is 4.62. The standard InChI is InChI=1S/C24H25N3O3/c1-3-27(17-18-9-15-22(30-2)16-10-18)23(28)19-11-13-21(14-12-19)26-24(29)25-20-7-5-4-6-8-20/h4-16H,3,17H2,1-2H3,(H2,25,26,29). The normalized spacial score (nSPS) is 10.2. The van der Waals surface area contributed by atoms with Crippen LogP contribution in [0.2, 0.25) is 0 Å². The molecule has 0 aromatic heterocycles. The zero-order valence-electron chi connectivity index (χ0n) is 17.1. The van der Waals surface area contributed by atoms with Crippen LogP contribution in [0.25, 0.3) is 0 Å². The Morgan fingerprint density at radius 1 is 0.833 bits per heavy atom. The molecule has 0 bridgehead atoms. The van der Waals surface area contributed by atoms with E-state index >= 15 is 0 Å². The Bertz CT molecular complexity index is 971. The number of carbonyl (C=O) groups excluding carboxylic acids is 2. The summed E-state index contributed by atoms with van der Waals surface area (Å²) in [7, 11) is 1.63. The number of methoxy groups -OCH3 is 1. The van der Waals surface area contributed by atoms with Gasteiger partial charge in [0, 0.05) is 30.0 Å². The first-order valence-electron chi connectivity index (χ1n) is 9.74. The third-order valence-electron chi connectivity index (χ3n) is 4.62. The van der Waals surface area contributed by atoms with Gasteiger partial charge in [-0.25, -0.2) is 4.79 Å². The molecule has 0 radical (unpaired) electrons. The lowest BCUT2D eigenvalue weighted by molar-refractivity contribution is 0.0752. The molecule has 0 spiro atoms. The van der Waals surface area contributed by atoms with Crippen molar-refractivity contribution in [3.63, 3.8) is 0 Å². The number of nitrogens with one attached hydrogen (secondary N) is 2. The summed E-state index contributed by atoms with van der Waals surface area (Å²) in [5, 5.41) is 5.52. The summed E-state index contributed by atoms with van der Waals surface area (Å²) >= 11 is 0. The van der Waals surface area contributed by atoms with Crippen LogP contribution in [0.3, 0.4) is 0 Å². The Morgan fingerprint density at radius 2 is 1.43 bits per heavy atom. The molecule has 6 nitrogen and oxygen atoms in total. The molecular weight excluding hydrogens is 378 g/mol. The highest BCUT2D eigenvalue weighted by atomic mass is 16.5. The Hall–Kier alpha value is -3.80. The summed E-state index contributed by atoms with van der Waals surface area (Å²) < 4.78 is 5.17. The fraction of sp³-hybridized carbons (Fsp3) is 0.167. The Balaban J connectivity index is 1.60. The van der Waals surface area contributed by atoms with Crippen molar-refractivity contribution < 1.29 is 14.3 Å². The molecule has 3 amide bonds. The van der Waals surface area contributed by atoms with E-state index in [1.54, 1.807) is 36.3 Å². The molecule has 2 N–H and O–H groups in total. The molecule has 0 aliphatic carbocycles.